The van der Waals surface area contributed by atoms with Gasteiger partial charge in [0.15, 0.2) is 11.5 Å². The van der Waals surface area contributed by atoms with Crippen LogP contribution in [0.3, 0.4) is 0 Å². The number of ether oxygens (including phenoxy) is 3. The molecule has 0 bridgehead atoms. The Morgan fingerprint density at radius 3 is 1.90 bits per heavy atom. The zero-order valence-electron chi connectivity index (χ0n) is 11.5. The van der Waals surface area contributed by atoms with Crippen LogP contribution in [0.25, 0.3) is 0 Å². The molecule has 0 spiro atoms. The number of aliphatic hydroxyl groups is 1. The van der Waals surface area contributed by atoms with Gasteiger partial charge in [-0.25, -0.2) is 9.97 Å². The van der Waals surface area contributed by atoms with Crippen molar-refractivity contribution in [3.05, 3.63) is 42.0 Å². The molecule has 0 saturated carbocycles. The van der Waals surface area contributed by atoms with Gasteiger partial charge in [-0.2, -0.15) is 0 Å². The summed E-state index contributed by atoms with van der Waals surface area (Å²) in [6.45, 7) is 0. The van der Waals surface area contributed by atoms with Crippen LogP contribution >= 0.6 is 0 Å². The Bertz CT molecular complexity index is 550. The van der Waals surface area contributed by atoms with E-state index >= 15 is 0 Å². The lowest BCUT2D eigenvalue weighted by molar-refractivity contribution is 0.217. The molecule has 6 nitrogen and oxygen atoms in total. The largest absolute Gasteiger partial charge is 0.493 e. The maximum atomic E-state index is 10.4. The number of aliphatic hydroxyl groups excluding tert-OH is 1. The quantitative estimate of drug-likeness (QED) is 0.894. The molecule has 1 unspecified atom stereocenters. The minimum absolute atomic E-state index is 0.482. The second kappa shape index (κ2) is 6.21. The van der Waals surface area contributed by atoms with E-state index in [0.29, 0.717) is 28.4 Å². The van der Waals surface area contributed by atoms with Crippen molar-refractivity contribution in [2.45, 2.75) is 6.10 Å². The lowest BCUT2D eigenvalue weighted by atomic mass is 10.0. The predicted molar refractivity (Wildman–Crippen MR) is 72.2 cm³/mol. The van der Waals surface area contributed by atoms with Crippen LogP contribution in [0.2, 0.25) is 0 Å². The van der Waals surface area contributed by atoms with Crippen molar-refractivity contribution in [3.8, 4) is 17.2 Å². The average molecular weight is 276 g/mol. The van der Waals surface area contributed by atoms with Crippen molar-refractivity contribution >= 4 is 0 Å². The molecule has 106 valence electrons. The van der Waals surface area contributed by atoms with E-state index in [4.69, 9.17) is 14.2 Å². The number of aromatic nitrogens is 2. The molecule has 1 N–H and O–H groups in total. The van der Waals surface area contributed by atoms with Crippen molar-refractivity contribution in [2.24, 2.45) is 0 Å². The topological polar surface area (TPSA) is 73.7 Å². The van der Waals surface area contributed by atoms with E-state index in [-0.39, 0.29) is 0 Å². The van der Waals surface area contributed by atoms with E-state index in [1.54, 1.807) is 24.5 Å². The van der Waals surface area contributed by atoms with Gasteiger partial charge in [0.1, 0.15) is 12.4 Å². The van der Waals surface area contributed by atoms with Gasteiger partial charge in [-0.05, 0) is 17.7 Å². The van der Waals surface area contributed by atoms with Crippen molar-refractivity contribution in [1.82, 2.24) is 9.97 Å². The number of nitrogens with zero attached hydrogens (tertiary/aromatic N) is 2. The summed E-state index contributed by atoms with van der Waals surface area (Å²) >= 11 is 0. The molecule has 20 heavy (non-hydrogen) atoms. The predicted octanol–water partition coefficient (Wildman–Crippen LogP) is 1.58. The van der Waals surface area contributed by atoms with E-state index in [1.165, 1.54) is 27.7 Å². The van der Waals surface area contributed by atoms with Crippen molar-refractivity contribution in [2.75, 3.05) is 21.3 Å². The van der Waals surface area contributed by atoms with E-state index in [0.717, 1.165) is 0 Å². The van der Waals surface area contributed by atoms with E-state index in [9.17, 15) is 5.11 Å². The first-order chi connectivity index (χ1) is 9.71. The Balaban J connectivity index is 2.47. The summed E-state index contributed by atoms with van der Waals surface area (Å²) in [5.74, 6) is 1.45. The first-order valence-corrected chi connectivity index (χ1v) is 5.94. The highest BCUT2D eigenvalue weighted by Gasteiger charge is 2.18. The SMILES string of the molecule is COc1cc(C(O)c2cncnc2)cc(OC)c1OC. The number of hydrogen-bond donors (Lipinski definition) is 1. The lowest BCUT2D eigenvalue weighted by Crippen LogP contribution is -2.03. The Morgan fingerprint density at radius 1 is 0.900 bits per heavy atom. The van der Waals surface area contributed by atoms with Gasteiger partial charge in [0, 0.05) is 18.0 Å². The maximum Gasteiger partial charge on any atom is 0.203 e. The summed E-state index contributed by atoms with van der Waals surface area (Å²) in [7, 11) is 4.58. The highest BCUT2D eigenvalue weighted by molar-refractivity contribution is 5.55. The Hall–Kier alpha value is -2.34. The monoisotopic (exact) mass is 276 g/mol. The molecule has 0 aliphatic carbocycles. The zero-order valence-corrected chi connectivity index (χ0v) is 11.5. The van der Waals surface area contributed by atoms with Crippen LogP contribution in [0.4, 0.5) is 0 Å². The van der Waals surface area contributed by atoms with E-state index in [1.807, 2.05) is 0 Å². The average Bonchev–Trinajstić information content (AvgIpc) is 2.53. The third-order valence-corrected chi connectivity index (χ3v) is 2.90. The third kappa shape index (κ3) is 2.65. The number of methoxy groups -OCH3 is 3. The molecular weight excluding hydrogens is 260 g/mol. The molecule has 0 amide bonds. The van der Waals surface area contributed by atoms with Crippen LogP contribution in [0.15, 0.2) is 30.9 Å². The fraction of sp³-hybridized carbons (Fsp3) is 0.286. The summed E-state index contributed by atoms with van der Waals surface area (Å²) in [6.07, 6.45) is 3.65. The summed E-state index contributed by atoms with van der Waals surface area (Å²) in [6, 6.07) is 3.39. The summed E-state index contributed by atoms with van der Waals surface area (Å²) in [4.78, 5) is 7.78. The molecule has 1 atom stereocenters. The third-order valence-electron chi connectivity index (χ3n) is 2.90. The number of hydrogen-bond acceptors (Lipinski definition) is 6. The van der Waals surface area contributed by atoms with Crippen molar-refractivity contribution in [1.29, 1.82) is 0 Å². The van der Waals surface area contributed by atoms with Gasteiger partial charge in [0.2, 0.25) is 5.75 Å². The fourth-order valence-electron chi connectivity index (χ4n) is 1.90. The zero-order chi connectivity index (χ0) is 14.5. The first kappa shape index (κ1) is 14.1. The maximum absolute atomic E-state index is 10.4. The molecule has 2 aromatic rings. The highest BCUT2D eigenvalue weighted by atomic mass is 16.5. The Morgan fingerprint density at radius 2 is 1.45 bits per heavy atom. The molecule has 0 aliphatic rings. The van der Waals surface area contributed by atoms with Crippen LogP contribution in [0.1, 0.15) is 17.2 Å². The molecule has 1 aromatic carbocycles. The van der Waals surface area contributed by atoms with Crippen LogP contribution in [-0.2, 0) is 0 Å². The normalized spacial score (nSPS) is 11.8. The van der Waals surface area contributed by atoms with E-state index in [2.05, 4.69) is 9.97 Å². The van der Waals surface area contributed by atoms with Gasteiger partial charge in [0.25, 0.3) is 0 Å². The second-order valence-electron chi connectivity index (χ2n) is 4.03. The van der Waals surface area contributed by atoms with Crippen molar-refractivity contribution < 1.29 is 19.3 Å². The van der Waals surface area contributed by atoms with Crippen LogP contribution in [0.5, 0.6) is 17.2 Å². The van der Waals surface area contributed by atoms with Gasteiger partial charge in [-0.3, -0.25) is 0 Å². The van der Waals surface area contributed by atoms with Gasteiger partial charge < -0.3 is 19.3 Å². The van der Waals surface area contributed by atoms with E-state index < -0.39 is 6.10 Å². The summed E-state index contributed by atoms with van der Waals surface area (Å²) in [5, 5.41) is 10.4. The van der Waals surface area contributed by atoms with Crippen LogP contribution in [0, 0.1) is 0 Å². The standard InChI is InChI=1S/C14H16N2O4/c1-18-11-4-9(5-12(19-2)14(11)20-3)13(17)10-6-15-8-16-7-10/h4-8,13,17H,1-3H3. The Kier molecular flexibility index (Phi) is 4.37. The molecule has 0 fully saturated rings. The molecule has 1 heterocycles. The molecule has 6 heteroatoms. The fourth-order valence-corrected chi connectivity index (χ4v) is 1.90. The summed E-state index contributed by atoms with van der Waals surface area (Å²) < 4.78 is 15.8. The molecule has 0 aliphatic heterocycles. The van der Waals surface area contributed by atoms with Crippen LogP contribution < -0.4 is 14.2 Å². The molecule has 0 radical (unpaired) electrons. The lowest BCUT2D eigenvalue weighted by Gasteiger charge is -2.17. The molecule has 1 aromatic heterocycles. The molecular formula is C14H16N2O4. The highest BCUT2D eigenvalue weighted by Crippen LogP contribution is 2.40. The Labute approximate surface area is 117 Å². The number of benzene rings is 1. The van der Waals surface area contributed by atoms with Crippen LogP contribution in [-0.4, -0.2) is 36.4 Å². The number of rotatable bonds is 5. The van der Waals surface area contributed by atoms with Gasteiger partial charge in [0.05, 0.1) is 21.3 Å². The molecule has 0 saturated heterocycles. The minimum atomic E-state index is -0.870. The van der Waals surface area contributed by atoms with Gasteiger partial charge >= 0.3 is 0 Å². The molecule has 2 rings (SSSR count). The van der Waals surface area contributed by atoms with Gasteiger partial charge in [-0.15, -0.1) is 0 Å². The van der Waals surface area contributed by atoms with Crippen molar-refractivity contribution in [3.63, 3.8) is 0 Å². The van der Waals surface area contributed by atoms with Gasteiger partial charge in [-0.1, -0.05) is 0 Å². The minimum Gasteiger partial charge on any atom is -0.493 e. The smallest absolute Gasteiger partial charge is 0.203 e. The second-order valence-corrected chi connectivity index (χ2v) is 4.03. The first-order valence-electron chi connectivity index (χ1n) is 5.94. The summed E-state index contributed by atoms with van der Waals surface area (Å²) in [5.41, 5.74) is 1.19.